The second kappa shape index (κ2) is 8.26. The Morgan fingerprint density at radius 1 is 1.04 bits per heavy atom. The molecular weight excluding hydrogens is 376 g/mol. The van der Waals surface area contributed by atoms with E-state index in [9.17, 15) is 14.4 Å². The molecule has 0 aliphatic heterocycles. The Morgan fingerprint density at radius 3 is 2.46 bits per heavy atom. The van der Waals surface area contributed by atoms with Crippen LogP contribution in [0, 0.1) is 0 Å². The first-order chi connectivity index (χ1) is 11.5. The average molecular weight is 391 g/mol. The molecule has 0 radical (unpaired) electrons. The number of rotatable bonds is 5. The molecule has 0 heterocycles. The molecule has 6 nitrogen and oxygen atoms in total. The van der Waals surface area contributed by atoms with Crippen molar-refractivity contribution < 1.29 is 19.1 Å². The molecule has 2 N–H and O–H groups in total. The van der Waals surface area contributed by atoms with Crippen LogP contribution in [0.1, 0.15) is 20.7 Å². The minimum absolute atomic E-state index is 0.257. The summed E-state index contributed by atoms with van der Waals surface area (Å²) in [7, 11) is 1.52. The van der Waals surface area contributed by atoms with Crippen LogP contribution in [0.3, 0.4) is 0 Å². The van der Waals surface area contributed by atoms with Crippen LogP contribution < -0.4 is 10.6 Å². The standard InChI is InChI=1S/C17H15BrN2O4/c1-19-16(22)11-4-3-7-14(9-11)20-15(21)10-24-17(23)12-5-2-6-13(18)8-12/h2-9H,10H2,1H3,(H,19,22)(H,20,21). The summed E-state index contributed by atoms with van der Waals surface area (Å²) < 4.78 is 5.71. The minimum atomic E-state index is -0.592. The number of nitrogens with one attached hydrogen (secondary N) is 2. The smallest absolute Gasteiger partial charge is 0.338 e. The molecule has 0 fully saturated rings. The highest BCUT2D eigenvalue weighted by Crippen LogP contribution is 2.13. The fourth-order valence-electron chi connectivity index (χ4n) is 1.91. The van der Waals surface area contributed by atoms with Crippen molar-refractivity contribution in [1.29, 1.82) is 0 Å². The van der Waals surface area contributed by atoms with Crippen molar-refractivity contribution in [2.45, 2.75) is 0 Å². The third-order valence-corrected chi connectivity index (χ3v) is 3.52. The van der Waals surface area contributed by atoms with Gasteiger partial charge in [0.05, 0.1) is 5.56 Å². The molecule has 7 heteroatoms. The number of halogens is 1. The molecular formula is C17H15BrN2O4. The van der Waals surface area contributed by atoms with E-state index in [0.29, 0.717) is 16.8 Å². The minimum Gasteiger partial charge on any atom is -0.452 e. The highest BCUT2D eigenvalue weighted by molar-refractivity contribution is 9.10. The van der Waals surface area contributed by atoms with Crippen molar-refractivity contribution in [3.63, 3.8) is 0 Å². The Labute approximate surface area is 147 Å². The van der Waals surface area contributed by atoms with E-state index in [2.05, 4.69) is 26.6 Å². The zero-order chi connectivity index (χ0) is 17.5. The third kappa shape index (κ3) is 4.92. The number of hydrogen-bond donors (Lipinski definition) is 2. The summed E-state index contributed by atoms with van der Waals surface area (Å²) in [6, 6.07) is 13.1. The first-order valence-electron chi connectivity index (χ1n) is 7.04. The number of benzene rings is 2. The number of carbonyl (C=O) groups excluding carboxylic acids is 3. The fourth-order valence-corrected chi connectivity index (χ4v) is 2.31. The van der Waals surface area contributed by atoms with E-state index in [1.807, 2.05) is 0 Å². The lowest BCUT2D eigenvalue weighted by Crippen LogP contribution is -2.22. The maximum absolute atomic E-state index is 11.9. The molecule has 0 aliphatic rings. The third-order valence-electron chi connectivity index (χ3n) is 3.03. The number of anilines is 1. The van der Waals surface area contributed by atoms with Gasteiger partial charge in [-0.05, 0) is 36.4 Å². The average Bonchev–Trinajstić information content (AvgIpc) is 2.59. The summed E-state index contributed by atoms with van der Waals surface area (Å²) >= 11 is 3.26. The molecule has 2 rings (SSSR count). The lowest BCUT2D eigenvalue weighted by atomic mass is 10.2. The van der Waals surface area contributed by atoms with Crippen LogP contribution in [0.2, 0.25) is 0 Å². The zero-order valence-corrected chi connectivity index (χ0v) is 14.4. The van der Waals surface area contributed by atoms with Crippen molar-refractivity contribution in [1.82, 2.24) is 5.32 Å². The Bertz CT molecular complexity index is 777. The lowest BCUT2D eigenvalue weighted by Gasteiger charge is -2.08. The number of carbonyl (C=O) groups is 3. The molecule has 2 amide bonds. The van der Waals surface area contributed by atoms with Gasteiger partial charge in [-0.25, -0.2) is 4.79 Å². The van der Waals surface area contributed by atoms with E-state index in [0.717, 1.165) is 4.47 Å². The first kappa shape index (κ1) is 17.7. The van der Waals surface area contributed by atoms with E-state index in [1.54, 1.807) is 42.5 Å². The Hall–Kier alpha value is -2.67. The molecule has 0 saturated heterocycles. The van der Waals surface area contributed by atoms with E-state index >= 15 is 0 Å². The van der Waals surface area contributed by atoms with Gasteiger partial charge in [0.2, 0.25) is 0 Å². The zero-order valence-electron chi connectivity index (χ0n) is 12.8. The summed E-state index contributed by atoms with van der Waals surface area (Å²) in [5.41, 5.74) is 1.21. The second-order valence-electron chi connectivity index (χ2n) is 4.79. The predicted molar refractivity (Wildman–Crippen MR) is 92.9 cm³/mol. The van der Waals surface area contributed by atoms with Crippen LogP contribution >= 0.6 is 15.9 Å². The maximum Gasteiger partial charge on any atom is 0.338 e. The van der Waals surface area contributed by atoms with Crippen molar-refractivity contribution in [2.24, 2.45) is 0 Å². The van der Waals surface area contributed by atoms with Crippen LogP contribution in [0.5, 0.6) is 0 Å². The summed E-state index contributed by atoms with van der Waals surface area (Å²) in [4.78, 5) is 35.3. The fraction of sp³-hybridized carbons (Fsp3) is 0.118. The maximum atomic E-state index is 11.9. The quantitative estimate of drug-likeness (QED) is 0.768. The van der Waals surface area contributed by atoms with Crippen molar-refractivity contribution >= 4 is 39.4 Å². The Morgan fingerprint density at radius 2 is 1.75 bits per heavy atom. The van der Waals surface area contributed by atoms with Gasteiger partial charge < -0.3 is 15.4 Å². The van der Waals surface area contributed by atoms with Gasteiger partial charge in [0.25, 0.3) is 11.8 Å². The first-order valence-corrected chi connectivity index (χ1v) is 7.83. The molecule has 2 aromatic rings. The largest absolute Gasteiger partial charge is 0.452 e. The molecule has 0 saturated carbocycles. The van der Waals surface area contributed by atoms with Crippen LogP contribution in [0.15, 0.2) is 53.0 Å². The van der Waals surface area contributed by atoms with E-state index in [4.69, 9.17) is 4.74 Å². The molecule has 124 valence electrons. The summed E-state index contributed by atoms with van der Waals surface area (Å²) in [5.74, 6) is -1.34. The number of ether oxygens (including phenoxy) is 1. The molecule has 0 spiro atoms. The van der Waals surface area contributed by atoms with Crippen molar-refractivity contribution in [3.8, 4) is 0 Å². The Balaban J connectivity index is 1.92. The van der Waals surface area contributed by atoms with E-state index < -0.39 is 18.5 Å². The highest BCUT2D eigenvalue weighted by Gasteiger charge is 2.11. The van der Waals surface area contributed by atoms with Gasteiger partial charge in [-0.1, -0.05) is 28.1 Å². The molecule has 24 heavy (non-hydrogen) atoms. The molecule has 0 aromatic heterocycles. The SMILES string of the molecule is CNC(=O)c1cccc(NC(=O)COC(=O)c2cccc(Br)c2)c1. The van der Waals surface area contributed by atoms with Crippen molar-refractivity contribution in [3.05, 3.63) is 64.1 Å². The van der Waals surface area contributed by atoms with E-state index in [-0.39, 0.29) is 5.91 Å². The van der Waals surface area contributed by atoms with Gasteiger partial charge >= 0.3 is 5.97 Å². The number of esters is 1. The van der Waals surface area contributed by atoms with Crippen molar-refractivity contribution in [2.75, 3.05) is 19.0 Å². The summed E-state index contributed by atoms with van der Waals surface area (Å²) in [5, 5.41) is 5.07. The van der Waals surface area contributed by atoms with Crippen LogP contribution in [0.25, 0.3) is 0 Å². The van der Waals surface area contributed by atoms with Gasteiger partial charge in [-0.2, -0.15) is 0 Å². The molecule has 0 unspecified atom stereocenters. The summed E-state index contributed by atoms with van der Waals surface area (Å²) in [6.45, 7) is -0.421. The van der Waals surface area contributed by atoms with Gasteiger partial charge in [0.15, 0.2) is 6.61 Å². The normalized spacial score (nSPS) is 9.92. The van der Waals surface area contributed by atoms with Gasteiger partial charge in [0.1, 0.15) is 0 Å². The monoisotopic (exact) mass is 390 g/mol. The lowest BCUT2D eigenvalue weighted by molar-refractivity contribution is -0.119. The topological polar surface area (TPSA) is 84.5 Å². The summed E-state index contributed by atoms with van der Waals surface area (Å²) in [6.07, 6.45) is 0. The van der Waals surface area contributed by atoms with E-state index in [1.165, 1.54) is 13.1 Å². The number of amides is 2. The van der Waals surface area contributed by atoms with Gasteiger partial charge in [-0.15, -0.1) is 0 Å². The van der Waals surface area contributed by atoms with Crippen LogP contribution in [0.4, 0.5) is 5.69 Å². The van der Waals surface area contributed by atoms with Crippen LogP contribution in [-0.2, 0) is 9.53 Å². The molecule has 0 aliphatic carbocycles. The molecule has 2 aromatic carbocycles. The van der Waals surface area contributed by atoms with Gasteiger partial charge in [0, 0.05) is 22.8 Å². The molecule has 0 atom stereocenters. The predicted octanol–water partition coefficient (Wildman–Crippen LogP) is 2.60. The highest BCUT2D eigenvalue weighted by atomic mass is 79.9. The second-order valence-corrected chi connectivity index (χ2v) is 5.71. The van der Waals surface area contributed by atoms with Gasteiger partial charge in [-0.3, -0.25) is 9.59 Å². The number of hydrogen-bond acceptors (Lipinski definition) is 4. The van der Waals surface area contributed by atoms with Crippen LogP contribution in [-0.4, -0.2) is 31.4 Å². The molecule has 0 bridgehead atoms. The Kier molecular flexibility index (Phi) is 6.08.